The van der Waals surface area contributed by atoms with E-state index in [1.807, 2.05) is 0 Å². The molecular formula is C41H39N4O16+. The SMILES string of the molecule is [NH2+]=C1C=CC(C(O)C(CO)Oc2ccc(C3C=C(O)c4c(cc(OC5OC(C(=O)O)C6(O)C(C7=NC=NC7)C=CC5(O)C6O)c(OC(O)c5cccc(O)c5)c4O)O3)cc2)=N1. The molecule has 3 aromatic rings. The van der Waals surface area contributed by atoms with Gasteiger partial charge in [-0.15, -0.1) is 0 Å². The van der Waals surface area contributed by atoms with Gasteiger partial charge in [-0.05, 0) is 47.0 Å². The van der Waals surface area contributed by atoms with Gasteiger partial charge < -0.3 is 74.7 Å². The molecule has 0 aromatic heterocycles. The summed E-state index contributed by atoms with van der Waals surface area (Å²) in [5, 5.41) is 116. The summed E-state index contributed by atoms with van der Waals surface area (Å²) in [5.74, 6) is -5.75. The first-order valence-corrected chi connectivity index (χ1v) is 18.6. The molecule has 318 valence electrons. The van der Waals surface area contributed by atoms with Crippen molar-refractivity contribution in [2.45, 2.75) is 54.3 Å². The lowest BCUT2D eigenvalue weighted by molar-refractivity contribution is -0.337. The number of amidine groups is 1. The molecule has 2 bridgehead atoms. The first-order valence-electron chi connectivity index (χ1n) is 18.6. The monoisotopic (exact) mass is 843 g/mol. The average molecular weight is 844 g/mol. The van der Waals surface area contributed by atoms with Crippen LogP contribution in [0.5, 0.6) is 34.5 Å². The highest BCUT2D eigenvalue weighted by Crippen LogP contribution is 2.53. The van der Waals surface area contributed by atoms with Gasteiger partial charge in [-0.2, -0.15) is 0 Å². The van der Waals surface area contributed by atoms with Gasteiger partial charge in [0.2, 0.25) is 18.3 Å². The van der Waals surface area contributed by atoms with Crippen LogP contribution in [0.15, 0.2) is 100.0 Å². The number of aromatic hydroxyl groups is 2. The van der Waals surface area contributed by atoms with Crippen LogP contribution >= 0.6 is 0 Å². The van der Waals surface area contributed by atoms with Gasteiger partial charge >= 0.3 is 11.8 Å². The summed E-state index contributed by atoms with van der Waals surface area (Å²) < 4.78 is 29.4. The minimum Gasteiger partial charge on any atom is -0.508 e. The maximum atomic E-state index is 12.7. The molecule has 1 aliphatic carbocycles. The molecule has 1 saturated heterocycles. The van der Waals surface area contributed by atoms with Crippen LogP contribution in [0.2, 0.25) is 0 Å². The van der Waals surface area contributed by atoms with Crippen molar-refractivity contribution in [1.82, 2.24) is 0 Å². The molecule has 1 fully saturated rings. The summed E-state index contributed by atoms with van der Waals surface area (Å²) in [6.45, 7) is -0.592. The van der Waals surface area contributed by atoms with E-state index in [9.17, 15) is 55.9 Å². The lowest BCUT2D eigenvalue weighted by atomic mass is 9.64. The van der Waals surface area contributed by atoms with Crippen molar-refractivity contribution < 1.29 is 85.0 Å². The Kier molecular flexibility index (Phi) is 10.6. The molecule has 0 radical (unpaired) electrons. The van der Waals surface area contributed by atoms with Gasteiger partial charge in [-0.1, -0.05) is 30.3 Å². The van der Waals surface area contributed by atoms with Gasteiger partial charge in [0.25, 0.3) is 0 Å². The molecule has 12 N–H and O–H groups in total. The van der Waals surface area contributed by atoms with Crippen LogP contribution < -0.4 is 24.4 Å². The molecule has 20 heteroatoms. The third-order valence-electron chi connectivity index (χ3n) is 10.8. The summed E-state index contributed by atoms with van der Waals surface area (Å²) in [5.41, 5.74) is -4.88. The fourth-order valence-corrected chi connectivity index (χ4v) is 7.66. The van der Waals surface area contributed by atoms with Gasteiger partial charge in [-0.3, -0.25) is 10.4 Å². The molecule has 0 amide bonds. The Morgan fingerprint density at radius 2 is 1.80 bits per heavy atom. The Bertz CT molecular complexity index is 2450. The van der Waals surface area contributed by atoms with Crippen molar-refractivity contribution in [3.05, 3.63) is 102 Å². The van der Waals surface area contributed by atoms with E-state index >= 15 is 0 Å². The third-order valence-corrected chi connectivity index (χ3v) is 10.8. The van der Waals surface area contributed by atoms with Gasteiger partial charge in [0.15, 0.2) is 41.1 Å². The fraction of sp³-hybridized carbons (Fsp3) is 0.293. The second-order valence-electron chi connectivity index (χ2n) is 14.6. The molecule has 5 aliphatic rings. The van der Waals surface area contributed by atoms with Gasteiger partial charge in [0, 0.05) is 23.8 Å². The van der Waals surface area contributed by atoms with Crippen molar-refractivity contribution in [2.75, 3.05) is 13.2 Å². The van der Waals surface area contributed by atoms with E-state index in [-0.39, 0.29) is 52.2 Å². The van der Waals surface area contributed by atoms with E-state index in [0.717, 1.165) is 18.2 Å². The molecule has 10 atom stereocenters. The Balaban J connectivity index is 1.13. The Morgan fingerprint density at radius 1 is 1.03 bits per heavy atom. The number of benzene rings is 3. The number of rotatable bonds is 13. The van der Waals surface area contributed by atoms with Crippen molar-refractivity contribution in [3.63, 3.8) is 0 Å². The molecule has 20 nitrogen and oxygen atoms in total. The van der Waals surface area contributed by atoms with Crippen molar-refractivity contribution >= 4 is 35.3 Å². The number of carboxylic acid groups (broad SMARTS) is 1. The first-order chi connectivity index (χ1) is 29.1. The first kappa shape index (κ1) is 41.1. The summed E-state index contributed by atoms with van der Waals surface area (Å²) in [6.07, 6.45) is -4.37. The summed E-state index contributed by atoms with van der Waals surface area (Å²) in [4.78, 5) is 24.7. The van der Waals surface area contributed by atoms with Crippen molar-refractivity contribution in [3.8, 4) is 34.5 Å². The number of phenols is 2. The molecule has 3 aromatic carbocycles. The number of aliphatic imine (C=N–C) groups is 3. The zero-order valence-electron chi connectivity index (χ0n) is 31.5. The molecule has 0 saturated carbocycles. The zero-order chi connectivity index (χ0) is 43.4. The van der Waals surface area contributed by atoms with E-state index in [2.05, 4.69) is 15.0 Å². The Morgan fingerprint density at radius 3 is 2.46 bits per heavy atom. The number of aliphatic hydroxyl groups is 7. The minimum absolute atomic E-state index is 0.00208. The Labute approximate surface area is 344 Å². The van der Waals surface area contributed by atoms with Gasteiger partial charge in [0.05, 0.1) is 24.8 Å². The zero-order valence-corrected chi connectivity index (χ0v) is 31.5. The van der Waals surface area contributed by atoms with Crippen LogP contribution in [-0.2, 0) is 9.53 Å². The molecule has 0 spiro atoms. The molecular weight excluding hydrogens is 804 g/mol. The van der Waals surface area contributed by atoms with Gasteiger partial charge in [0.1, 0.15) is 52.7 Å². The van der Waals surface area contributed by atoms with Crippen LogP contribution in [-0.4, -0.2) is 136 Å². The minimum atomic E-state index is -2.69. The standard InChI is InChI=1S/C41H38N4O16/c42-30-9-8-23(45-30)32(49)29(16-46)57-21-6-4-18(5-7-21)26-13-25(48)31-27(58-26)14-28(34(33(31)50)60-37(53)19-2-1-3-20(47)12-19)59-39-40(55)11-10-22(24-15-43-17-44-24)41(56,38(40)54)35(61-39)36(51)52/h1-14,17,22,26,29,32,35,37-39,42,46-50,53-56H,15-16H2,(H,51,52)/p+1. The van der Waals surface area contributed by atoms with Crippen LogP contribution in [0.25, 0.3) is 5.76 Å². The molecule has 10 unspecified atom stereocenters. The number of carbonyl (C=O) groups is 1. The second-order valence-corrected chi connectivity index (χ2v) is 14.6. The normalized spacial score (nSPS) is 28.8. The maximum absolute atomic E-state index is 12.7. The molecule has 61 heavy (non-hydrogen) atoms. The van der Waals surface area contributed by atoms with Crippen molar-refractivity contribution in [1.29, 1.82) is 0 Å². The second kappa shape index (κ2) is 15.7. The quantitative estimate of drug-likeness (QED) is 0.0737. The van der Waals surface area contributed by atoms with Crippen LogP contribution in [0.1, 0.15) is 29.1 Å². The average Bonchev–Trinajstić information content (AvgIpc) is 3.93. The number of phenolic OH excluding ortho intramolecular Hbond substituents is 2. The lowest BCUT2D eigenvalue weighted by Crippen LogP contribution is -2.78. The van der Waals surface area contributed by atoms with E-state index in [1.54, 1.807) is 12.1 Å². The number of hydrogen-bond donors (Lipinski definition) is 11. The van der Waals surface area contributed by atoms with Crippen molar-refractivity contribution in [2.24, 2.45) is 20.9 Å². The third kappa shape index (κ3) is 7.24. The van der Waals surface area contributed by atoms with E-state index in [4.69, 9.17) is 29.1 Å². The number of ether oxygens (including phenoxy) is 5. The van der Waals surface area contributed by atoms with Crippen LogP contribution in [0.4, 0.5) is 0 Å². The van der Waals surface area contributed by atoms with E-state index < -0.39 is 95.8 Å². The summed E-state index contributed by atoms with van der Waals surface area (Å²) in [7, 11) is 0. The highest BCUT2D eigenvalue weighted by Gasteiger charge is 2.70. The van der Waals surface area contributed by atoms with E-state index in [0.29, 0.717) is 5.56 Å². The number of nitrogens with two attached hydrogens (primary N) is 1. The van der Waals surface area contributed by atoms with Crippen LogP contribution in [0.3, 0.4) is 0 Å². The lowest BCUT2D eigenvalue weighted by Gasteiger charge is -2.55. The number of carboxylic acids is 1. The molecule has 4 heterocycles. The van der Waals surface area contributed by atoms with Crippen LogP contribution in [0, 0.1) is 5.92 Å². The number of fused-ring (bicyclic) bond motifs is 3. The summed E-state index contributed by atoms with van der Waals surface area (Å²) in [6, 6.07) is 12.5. The van der Waals surface area contributed by atoms with E-state index in [1.165, 1.54) is 61.0 Å². The molecule has 8 rings (SSSR count). The predicted molar refractivity (Wildman–Crippen MR) is 209 cm³/mol. The largest absolute Gasteiger partial charge is 0.508 e. The van der Waals surface area contributed by atoms with Gasteiger partial charge in [-0.25, -0.2) is 9.79 Å². The summed E-state index contributed by atoms with van der Waals surface area (Å²) >= 11 is 0. The number of hydrogen-bond acceptors (Lipinski definition) is 17. The highest BCUT2D eigenvalue weighted by molar-refractivity contribution is 6.15. The number of nitrogens with zero attached hydrogens (tertiary/aromatic N) is 3. The smallest absolute Gasteiger partial charge is 0.336 e. The maximum Gasteiger partial charge on any atom is 0.336 e. The highest BCUT2D eigenvalue weighted by atomic mass is 16.7. The predicted octanol–water partition coefficient (Wildman–Crippen LogP) is -0.850. The topological polar surface area (TPSA) is 328 Å². The number of aliphatic carboxylic acids is 1. The fourth-order valence-electron chi connectivity index (χ4n) is 7.66. The Hall–Kier alpha value is -6.65. The molecule has 4 aliphatic heterocycles. The number of aliphatic hydroxyl groups excluding tert-OH is 5.